The molecule has 0 aromatic rings. The summed E-state index contributed by atoms with van der Waals surface area (Å²) in [7, 11) is 0. The second-order valence-electron chi connectivity index (χ2n) is 4.53. The lowest BCUT2D eigenvalue weighted by Gasteiger charge is -1.99. The van der Waals surface area contributed by atoms with Crippen molar-refractivity contribution in [3.8, 4) is 0 Å². The van der Waals surface area contributed by atoms with Gasteiger partial charge in [0.1, 0.15) is 0 Å². The average Bonchev–Trinajstić information content (AvgIpc) is 2.31. The van der Waals surface area contributed by atoms with E-state index in [0.717, 1.165) is 6.42 Å². The summed E-state index contributed by atoms with van der Waals surface area (Å²) >= 11 is 0. The second-order valence-corrected chi connectivity index (χ2v) is 4.53. The van der Waals surface area contributed by atoms with Gasteiger partial charge in [0, 0.05) is 0 Å². The van der Waals surface area contributed by atoms with Crippen molar-refractivity contribution in [1.29, 1.82) is 0 Å². The molecule has 94 valence electrons. The van der Waals surface area contributed by atoms with Gasteiger partial charge >= 0.3 is 0 Å². The van der Waals surface area contributed by atoms with Gasteiger partial charge in [0.15, 0.2) is 0 Å². The molecule has 0 atom stereocenters. The van der Waals surface area contributed by atoms with Crippen molar-refractivity contribution in [2.45, 2.75) is 78.1 Å². The molecule has 0 heterocycles. The van der Waals surface area contributed by atoms with Gasteiger partial charge in [-0.3, -0.25) is 0 Å². The highest BCUT2D eigenvalue weighted by Crippen LogP contribution is 2.09. The standard InChI is InChI=1S/C16H30/c1-3-5-7-9-11-13-15-16-14-12-10-8-6-4-2/h5,7,9,11H,3-4,6,8,10,12-16H2,1-2H3/b7-5?,11-9+. The first kappa shape index (κ1) is 15.5. The molecule has 0 aromatic heterocycles. The molecule has 0 rings (SSSR count). The third-order valence-electron chi connectivity index (χ3n) is 2.84. The second kappa shape index (κ2) is 14.5. The highest BCUT2D eigenvalue weighted by molar-refractivity contribution is 5.01. The molecule has 0 heteroatoms. The molecule has 0 nitrogen and oxygen atoms in total. The van der Waals surface area contributed by atoms with Gasteiger partial charge in [-0.25, -0.2) is 0 Å². The first-order chi connectivity index (χ1) is 7.91. The van der Waals surface area contributed by atoms with Crippen LogP contribution in [0.5, 0.6) is 0 Å². The quantitative estimate of drug-likeness (QED) is 0.295. The zero-order valence-electron chi connectivity index (χ0n) is 11.4. The Balaban J connectivity index is 3.03. The number of hydrogen-bond donors (Lipinski definition) is 0. The summed E-state index contributed by atoms with van der Waals surface area (Å²) in [6.45, 7) is 4.45. The number of rotatable bonds is 11. The maximum atomic E-state index is 2.29. The van der Waals surface area contributed by atoms with Gasteiger partial charge in [-0.1, -0.05) is 83.1 Å². The van der Waals surface area contributed by atoms with Gasteiger partial charge in [-0.2, -0.15) is 0 Å². The smallest absolute Gasteiger partial charge is 0.0348 e. The molecule has 0 saturated heterocycles. The Hall–Kier alpha value is -0.520. The van der Waals surface area contributed by atoms with Crippen LogP contribution < -0.4 is 0 Å². The summed E-state index contributed by atoms with van der Waals surface area (Å²) in [5.74, 6) is 0. The highest BCUT2D eigenvalue weighted by atomic mass is 14.0. The molecule has 0 saturated carbocycles. The summed E-state index contributed by atoms with van der Waals surface area (Å²) < 4.78 is 0. The highest BCUT2D eigenvalue weighted by Gasteiger charge is 1.89. The topological polar surface area (TPSA) is 0 Å². The van der Waals surface area contributed by atoms with E-state index < -0.39 is 0 Å². The van der Waals surface area contributed by atoms with E-state index in [1.165, 1.54) is 57.8 Å². The van der Waals surface area contributed by atoms with Crippen molar-refractivity contribution in [2.75, 3.05) is 0 Å². The predicted octanol–water partition coefficient (Wildman–Crippen LogP) is 6.04. The van der Waals surface area contributed by atoms with Crippen molar-refractivity contribution >= 4 is 0 Å². The minimum absolute atomic E-state index is 1.14. The van der Waals surface area contributed by atoms with Crippen LogP contribution in [0.4, 0.5) is 0 Å². The SMILES string of the molecule is CCC=C/C=C/CCCCCCCCCC. The molecular weight excluding hydrogens is 192 g/mol. The molecule has 0 aliphatic rings. The largest absolute Gasteiger partial charge is 0.0848 e. The van der Waals surface area contributed by atoms with Crippen LogP contribution in [-0.2, 0) is 0 Å². The summed E-state index contributed by atoms with van der Waals surface area (Å²) in [5, 5.41) is 0. The summed E-state index contributed by atoms with van der Waals surface area (Å²) in [6, 6.07) is 0. The number of allylic oxidation sites excluding steroid dienone is 4. The molecule has 0 aromatic carbocycles. The Morgan fingerprint density at radius 2 is 1.19 bits per heavy atom. The normalized spacial score (nSPS) is 11.9. The lowest BCUT2D eigenvalue weighted by Crippen LogP contribution is -1.79. The van der Waals surface area contributed by atoms with Gasteiger partial charge in [0.25, 0.3) is 0 Å². The number of unbranched alkanes of at least 4 members (excludes halogenated alkanes) is 8. The fraction of sp³-hybridized carbons (Fsp3) is 0.750. The zero-order chi connectivity index (χ0) is 11.9. The van der Waals surface area contributed by atoms with Gasteiger partial charge in [-0.05, 0) is 19.3 Å². The van der Waals surface area contributed by atoms with E-state index in [4.69, 9.17) is 0 Å². The van der Waals surface area contributed by atoms with Crippen molar-refractivity contribution in [2.24, 2.45) is 0 Å². The van der Waals surface area contributed by atoms with E-state index in [0.29, 0.717) is 0 Å². The lowest BCUT2D eigenvalue weighted by atomic mass is 10.1. The maximum Gasteiger partial charge on any atom is -0.0348 e. The maximum absolute atomic E-state index is 2.29. The van der Waals surface area contributed by atoms with Crippen LogP contribution in [0.25, 0.3) is 0 Å². The number of hydrogen-bond acceptors (Lipinski definition) is 0. The van der Waals surface area contributed by atoms with E-state index >= 15 is 0 Å². The fourth-order valence-corrected chi connectivity index (χ4v) is 1.79. The van der Waals surface area contributed by atoms with Crippen LogP contribution in [-0.4, -0.2) is 0 Å². The minimum atomic E-state index is 1.14. The molecule has 16 heavy (non-hydrogen) atoms. The van der Waals surface area contributed by atoms with Crippen LogP contribution in [0, 0.1) is 0 Å². The van der Waals surface area contributed by atoms with E-state index in [2.05, 4.69) is 38.2 Å². The Labute approximate surface area is 103 Å². The first-order valence-corrected chi connectivity index (χ1v) is 7.23. The summed E-state index contributed by atoms with van der Waals surface area (Å²) in [4.78, 5) is 0. The molecule has 0 N–H and O–H groups in total. The van der Waals surface area contributed by atoms with Crippen LogP contribution in [0.15, 0.2) is 24.3 Å². The van der Waals surface area contributed by atoms with Crippen molar-refractivity contribution < 1.29 is 0 Å². The van der Waals surface area contributed by atoms with Crippen molar-refractivity contribution in [3.63, 3.8) is 0 Å². The fourth-order valence-electron chi connectivity index (χ4n) is 1.79. The van der Waals surface area contributed by atoms with Gasteiger partial charge < -0.3 is 0 Å². The van der Waals surface area contributed by atoms with Crippen LogP contribution in [0.1, 0.15) is 78.1 Å². The summed E-state index contributed by atoms with van der Waals surface area (Å²) in [5.41, 5.74) is 0. The third-order valence-corrected chi connectivity index (χ3v) is 2.84. The monoisotopic (exact) mass is 222 g/mol. The zero-order valence-corrected chi connectivity index (χ0v) is 11.4. The molecule has 0 spiro atoms. The Kier molecular flexibility index (Phi) is 14.0. The molecule has 0 amide bonds. The average molecular weight is 222 g/mol. The van der Waals surface area contributed by atoms with Crippen LogP contribution >= 0.6 is 0 Å². The van der Waals surface area contributed by atoms with Crippen LogP contribution in [0.3, 0.4) is 0 Å². The van der Waals surface area contributed by atoms with Gasteiger partial charge in [0.05, 0.1) is 0 Å². The Morgan fingerprint density at radius 3 is 1.81 bits per heavy atom. The van der Waals surface area contributed by atoms with E-state index in [1.807, 2.05) is 0 Å². The molecule has 0 fully saturated rings. The Morgan fingerprint density at radius 1 is 0.625 bits per heavy atom. The molecule has 0 bridgehead atoms. The van der Waals surface area contributed by atoms with E-state index in [-0.39, 0.29) is 0 Å². The lowest BCUT2D eigenvalue weighted by molar-refractivity contribution is 0.577. The molecule has 0 radical (unpaired) electrons. The minimum Gasteiger partial charge on any atom is -0.0848 e. The first-order valence-electron chi connectivity index (χ1n) is 7.23. The van der Waals surface area contributed by atoms with Gasteiger partial charge in [-0.15, -0.1) is 0 Å². The van der Waals surface area contributed by atoms with Crippen molar-refractivity contribution in [1.82, 2.24) is 0 Å². The molecule has 0 unspecified atom stereocenters. The van der Waals surface area contributed by atoms with E-state index in [9.17, 15) is 0 Å². The van der Waals surface area contributed by atoms with Gasteiger partial charge in [0.2, 0.25) is 0 Å². The van der Waals surface area contributed by atoms with Crippen LogP contribution in [0.2, 0.25) is 0 Å². The van der Waals surface area contributed by atoms with Crippen molar-refractivity contribution in [3.05, 3.63) is 24.3 Å². The van der Waals surface area contributed by atoms with E-state index in [1.54, 1.807) is 0 Å². The molecule has 0 aliphatic heterocycles. The molecular formula is C16H30. The summed E-state index contributed by atoms with van der Waals surface area (Å²) in [6.07, 6.45) is 22.6. The predicted molar refractivity (Wildman–Crippen MR) is 75.8 cm³/mol. The third kappa shape index (κ3) is 13.5. The molecule has 0 aliphatic carbocycles. The Bertz CT molecular complexity index is 165.